The number of rotatable bonds is 4. The number of oxime groups is 1. The number of aliphatic carboxylic acids is 1. The average molecular weight is 265 g/mol. The molecule has 1 aromatic rings. The van der Waals surface area contributed by atoms with Crippen LogP contribution in [-0.2, 0) is 9.63 Å². The quantitative estimate of drug-likeness (QED) is 0.896. The Balaban J connectivity index is 2.27. The van der Waals surface area contributed by atoms with Gasteiger partial charge in [-0.05, 0) is 25.1 Å². The highest BCUT2D eigenvalue weighted by Crippen LogP contribution is 2.32. The van der Waals surface area contributed by atoms with E-state index in [2.05, 4.69) is 5.16 Å². The molecule has 0 fully saturated rings. The number of hydrogen-bond donors (Lipinski definition) is 1. The summed E-state index contributed by atoms with van der Waals surface area (Å²) in [7, 11) is 3.09. The zero-order valence-electron chi connectivity index (χ0n) is 11.0. The van der Waals surface area contributed by atoms with Crippen molar-refractivity contribution in [1.29, 1.82) is 0 Å². The minimum absolute atomic E-state index is 0.206. The summed E-state index contributed by atoms with van der Waals surface area (Å²) in [6.45, 7) is 1.49. The summed E-state index contributed by atoms with van der Waals surface area (Å²) in [5, 5.41) is 12.9. The summed E-state index contributed by atoms with van der Waals surface area (Å²) in [6.07, 6.45) is 0.206. The van der Waals surface area contributed by atoms with Gasteiger partial charge in [0.1, 0.15) is 0 Å². The Morgan fingerprint density at radius 3 is 2.58 bits per heavy atom. The van der Waals surface area contributed by atoms with Gasteiger partial charge in [0.2, 0.25) is 5.60 Å². The lowest BCUT2D eigenvalue weighted by Gasteiger charge is -2.14. The maximum Gasteiger partial charge on any atom is 0.351 e. The molecular weight excluding hydrogens is 250 g/mol. The van der Waals surface area contributed by atoms with Crippen LogP contribution in [0, 0.1) is 0 Å². The van der Waals surface area contributed by atoms with Gasteiger partial charge in [-0.3, -0.25) is 0 Å². The van der Waals surface area contributed by atoms with Crippen molar-refractivity contribution in [3.8, 4) is 11.5 Å². The fraction of sp³-hybridized carbons (Fsp3) is 0.385. The van der Waals surface area contributed by atoms with Crippen LogP contribution in [0.2, 0.25) is 0 Å². The van der Waals surface area contributed by atoms with E-state index in [4.69, 9.17) is 19.4 Å². The van der Waals surface area contributed by atoms with Crippen LogP contribution in [0.15, 0.2) is 23.4 Å². The van der Waals surface area contributed by atoms with Crippen molar-refractivity contribution < 1.29 is 24.2 Å². The highest BCUT2D eigenvalue weighted by Gasteiger charge is 2.42. The Morgan fingerprint density at radius 1 is 1.37 bits per heavy atom. The molecule has 6 heteroatoms. The van der Waals surface area contributed by atoms with Gasteiger partial charge in [-0.25, -0.2) is 4.79 Å². The number of carboxylic acids is 1. The second-order valence-electron chi connectivity index (χ2n) is 4.41. The molecule has 0 radical (unpaired) electrons. The van der Waals surface area contributed by atoms with Crippen molar-refractivity contribution in [2.45, 2.75) is 18.9 Å². The van der Waals surface area contributed by atoms with Crippen LogP contribution in [0.5, 0.6) is 11.5 Å². The third kappa shape index (κ3) is 2.33. The first kappa shape index (κ1) is 13.2. The summed E-state index contributed by atoms with van der Waals surface area (Å²) in [5.74, 6) is 0.130. The maximum absolute atomic E-state index is 11.1. The highest BCUT2D eigenvalue weighted by atomic mass is 16.7. The topological polar surface area (TPSA) is 77.4 Å². The molecule has 1 N–H and O–H groups in total. The van der Waals surface area contributed by atoms with Crippen LogP contribution in [0.1, 0.15) is 18.9 Å². The first-order chi connectivity index (χ1) is 9.00. The molecule has 1 heterocycles. The molecule has 0 bridgehead atoms. The van der Waals surface area contributed by atoms with Crippen molar-refractivity contribution in [2.75, 3.05) is 14.2 Å². The first-order valence-electron chi connectivity index (χ1n) is 5.71. The predicted octanol–water partition coefficient (Wildman–Crippen LogP) is 1.67. The number of hydrogen-bond acceptors (Lipinski definition) is 5. The van der Waals surface area contributed by atoms with Crippen LogP contribution in [0.3, 0.4) is 0 Å². The van der Waals surface area contributed by atoms with E-state index in [0.29, 0.717) is 17.2 Å². The molecule has 1 aromatic carbocycles. The number of nitrogens with zero attached hydrogens (tertiary/aromatic N) is 1. The standard InChI is InChI=1S/C13H15NO5/c1-13(12(15)16)7-9(14-19-13)8-4-5-10(17-2)11(6-8)18-3/h4-6H,7H2,1-3H3,(H,15,16). The largest absolute Gasteiger partial charge is 0.493 e. The van der Waals surface area contributed by atoms with Crippen LogP contribution in [-0.4, -0.2) is 36.6 Å². The molecule has 1 unspecified atom stereocenters. The minimum Gasteiger partial charge on any atom is -0.493 e. The van der Waals surface area contributed by atoms with Gasteiger partial charge in [-0.1, -0.05) is 5.16 Å². The van der Waals surface area contributed by atoms with Crippen LogP contribution in [0.25, 0.3) is 0 Å². The zero-order chi connectivity index (χ0) is 14.0. The SMILES string of the molecule is COc1ccc(C2=NOC(C)(C(=O)O)C2)cc1OC. The average Bonchev–Trinajstić information content (AvgIpc) is 2.82. The summed E-state index contributed by atoms with van der Waals surface area (Å²) in [6, 6.07) is 5.28. The Labute approximate surface area is 110 Å². The Bertz CT molecular complexity index is 540. The van der Waals surface area contributed by atoms with Crippen molar-refractivity contribution >= 4 is 11.7 Å². The summed E-state index contributed by atoms with van der Waals surface area (Å²) in [4.78, 5) is 16.1. The van der Waals surface area contributed by atoms with Crippen molar-refractivity contribution in [3.63, 3.8) is 0 Å². The highest BCUT2D eigenvalue weighted by molar-refractivity contribution is 6.04. The molecule has 0 amide bonds. The second-order valence-corrected chi connectivity index (χ2v) is 4.41. The second kappa shape index (κ2) is 4.79. The lowest BCUT2D eigenvalue weighted by atomic mass is 9.96. The van der Waals surface area contributed by atoms with Gasteiger partial charge < -0.3 is 19.4 Å². The molecule has 2 rings (SSSR count). The molecule has 0 aliphatic carbocycles. The van der Waals surface area contributed by atoms with Gasteiger partial charge in [-0.15, -0.1) is 0 Å². The Morgan fingerprint density at radius 2 is 2.05 bits per heavy atom. The zero-order valence-corrected chi connectivity index (χ0v) is 11.0. The van der Waals surface area contributed by atoms with Gasteiger partial charge in [0.15, 0.2) is 11.5 Å². The predicted molar refractivity (Wildman–Crippen MR) is 67.8 cm³/mol. The van der Waals surface area contributed by atoms with E-state index in [1.54, 1.807) is 25.3 Å². The number of carbonyl (C=O) groups is 1. The normalized spacial score (nSPS) is 21.5. The summed E-state index contributed by atoms with van der Waals surface area (Å²) in [5.41, 5.74) is 0.0242. The van der Waals surface area contributed by atoms with Gasteiger partial charge in [0, 0.05) is 12.0 Å². The molecule has 102 valence electrons. The molecule has 0 aromatic heterocycles. The summed E-state index contributed by atoms with van der Waals surface area (Å²) >= 11 is 0. The van der Waals surface area contributed by atoms with Crippen molar-refractivity contribution in [1.82, 2.24) is 0 Å². The van der Waals surface area contributed by atoms with E-state index in [0.717, 1.165) is 5.56 Å². The molecule has 1 aliphatic heterocycles. The number of carboxylic acid groups (broad SMARTS) is 1. The fourth-order valence-electron chi connectivity index (χ4n) is 1.83. The molecule has 0 saturated carbocycles. The first-order valence-corrected chi connectivity index (χ1v) is 5.71. The Kier molecular flexibility index (Phi) is 3.33. The molecule has 1 aliphatic rings. The van der Waals surface area contributed by atoms with Crippen LogP contribution in [0.4, 0.5) is 0 Å². The molecule has 1 atom stereocenters. The molecule has 6 nitrogen and oxygen atoms in total. The third-order valence-corrected chi connectivity index (χ3v) is 3.03. The molecular formula is C13H15NO5. The van der Waals surface area contributed by atoms with Gasteiger partial charge in [-0.2, -0.15) is 0 Å². The van der Waals surface area contributed by atoms with E-state index in [9.17, 15) is 4.79 Å². The van der Waals surface area contributed by atoms with E-state index >= 15 is 0 Å². The number of methoxy groups -OCH3 is 2. The van der Waals surface area contributed by atoms with E-state index < -0.39 is 11.6 Å². The van der Waals surface area contributed by atoms with E-state index in [1.807, 2.05) is 0 Å². The summed E-state index contributed by atoms with van der Waals surface area (Å²) < 4.78 is 10.3. The number of ether oxygens (including phenoxy) is 2. The lowest BCUT2D eigenvalue weighted by molar-refractivity contribution is -0.160. The third-order valence-electron chi connectivity index (χ3n) is 3.03. The van der Waals surface area contributed by atoms with Crippen molar-refractivity contribution in [2.24, 2.45) is 5.16 Å². The fourth-order valence-corrected chi connectivity index (χ4v) is 1.83. The Hall–Kier alpha value is -2.24. The minimum atomic E-state index is -1.30. The smallest absolute Gasteiger partial charge is 0.351 e. The lowest BCUT2D eigenvalue weighted by Crippen LogP contribution is -2.35. The van der Waals surface area contributed by atoms with Crippen molar-refractivity contribution in [3.05, 3.63) is 23.8 Å². The van der Waals surface area contributed by atoms with Crippen LogP contribution < -0.4 is 9.47 Å². The van der Waals surface area contributed by atoms with Gasteiger partial charge in [0.05, 0.1) is 19.9 Å². The van der Waals surface area contributed by atoms with Gasteiger partial charge in [0.25, 0.3) is 0 Å². The molecule has 19 heavy (non-hydrogen) atoms. The molecule has 0 spiro atoms. The maximum atomic E-state index is 11.1. The van der Waals surface area contributed by atoms with E-state index in [1.165, 1.54) is 14.0 Å². The number of benzene rings is 1. The van der Waals surface area contributed by atoms with E-state index in [-0.39, 0.29) is 6.42 Å². The van der Waals surface area contributed by atoms with Gasteiger partial charge >= 0.3 is 5.97 Å². The monoisotopic (exact) mass is 265 g/mol. The molecule has 0 saturated heterocycles. The van der Waals surface area contributed by atoms with Crippen LogP contribution >= 0.6 is 0 Å².